The van der Waals surface area contributed by atoms with E-state index in [9.17, 15) is 13.2 Å². The predicted molar refractivity (Wildman–Crippen MR) is 114 cm³/mol. The fraction of sp³-hybridized carbons (Fsp3) is 0.409. The number of sulfonamides is 1. The van der Waals surface area contributed by atoms with Crippen molar-refractivity contribution in [2.75, 3.05) is 31.6 Å². The number of piperidine rings is 1. The van der Waals surface area contributed by atoms with Crippen LogP contribution in [0.5, 0.6) is 11.5 Å². The van der Waals surface area contributed by atoms with Gasteiger partial charge in [-0.05, 0) is 60.7 Å². The molecular weight excluding hydrogens is 404 g/mol. The molecule has 0 radical (unpaired) electrons. The van der Waals surface area contributed by atoms with E-state index in [1.54, 1.807) is 46.8 Å². The van der Waals surface area contributed by atoms with E-state index in [1.807, 2.05) is 0 Å². The average molecular weight is 431 g/mol. The maximum atomic E-state index is 13.0. The fourth-order valence-electron chi connectivity index (χ4n) is 4.05. The normalized spacial score (nSPS) is 21.8. The molecule has 1 amide bonds. The Kier molecular flexibility index (Phi) is 5.71. The van der Waals surface area contributed by atoms with Gasteiger partial charge in [0, 0.05) is 24.3 Å². The Morgan fingerprint density at radius 1 is 0.967 bits per heavy atom. The highest BCUT2D eigenvalue weighted by Crippen LogP contribution is 2.31. The van der Waals surface area contributed by atoms with Crippen molar-refractivity contribution < 1.29 is 22.7 Å². The molecule has 1 saturated heterocycles. The molecule has 0 aliphatic carbocycles. The molecule has 1 fully saturated rings. The van der Waals surface area contributed by atoms with Crippen LogP contribution in [-0.2, 0) is 10.0 Å². The molecule has 0 aromatic heterocycles. The van der Waals surface area contributed by atoms with E-state index in [1.165, 1.54) is 0 Å². The molecule has 2 aliphatic rings. The van der Waals surface area contributed by atoms with Gasteiger partial charge in [-0.3, -0.25) is 4.79 Å². The van der Waals surface area contributed by atoms with Crippen LogP contribution < -0.4 is 14.8 Å². The minimum atomic E-state index is -3.55. The van der Waals surface area contributed by atoms with Gasteiger partial charge in [0.05, 0.1) is 4.90 Å². The summed E-state index contributed by atoms with van der Waals surface area (Å²) in [4.78, 5) is 12.8. The number of amides is 1. The summed E-state index contributed by atoms with van der Waals surface area (Å²) >= 11 is 0. The molecule has 2 aromatic carbocycles. The number of hydrogen-bond donors (Lipinski definition) is 1. The van der Waals surface area contributed by atoms with E-state index in [2.05, 4.69) is 19.2 Å². The third-order valence-electron chi connectivity index (χ3n) is 5.39. The lowest BCUT2D eigenvalue weighted by Gasteiger charge is -2.34. The van der Waals surface area contributed by atoms with Crippen molar-refractivity contribution in [2.24, 2.45) is 11.8 Å². The molecule has 2 aromatic rings. The smallest absolute Gasteiger partial charge is 0.255 e. The third-order valence-corrected chi connectivity index (χ3v) is 7.24. The lowest BCUT2D eigenvalue weighted by molar-refractivity contribution is 0.102. The zero-order valence-corrected chi connectivity index (χ0v) is 17.9. The standard InChI is InChI=1S/C22H26N2O5S/c1-15-11-16(2)14-24(13-15)30(26,27)19-6-4-18(5-7-19)23-22(25)17-3-8-20-21(12-17)29-10-9-28-20/h3-8,12,15-16H,9-11,13-14H2,1-2H3,(H,23,25)/t15-,16-/m1/s1. The highest BCUT2D eigenvalue weighted by Gasteiger charge is 2.31. The van der Waals surface area contributed by atoms with E-state index >= 15 is 0 Å². The average Bonchev–Trinajstić information content (AvgIpc) is 2.73. The van der Waals surface area contributed by atoms with Gasteiger partial charge in [-0.2, -0.15) is 4.31 Å². The van der Waals surface area contributed by atoms with E-state index in [4.69, 9.17) is 9.47 Å². The Bertz CT molecular complexity index is 1030. The van der Waals surface area contributed by atoms with Gasteiger partial charge >= 0.3 is 0 Å². The van der Waals surface area contributed by atoms with Crippen LogP contribution in [0.15, 0.2) is 47.4 Å². The maximum absolute atomic E-state index is 13.0. The zero-order valence-electron chi connectivity index (χ0n) is 17.1. The molecular formula is C22H26N2O5S. The second-order valence-corrected chi connectivity index (χ2v) is 10.0. The summed E-state index contributed by atoms with van der Waals surface area (Å²) in [5, 5.41) is 2.79. The molecule has 1 N–H and O–H groups in total. The van der Waals surface area contributed by atoms with Gasteiger partial charge < -0.3 is 14.8 Å². The van der Waals surface area contributed by atoms with Gasteiger partial charge in [0.1, 0.15) is 13.2 Å². The van der Waals surface area contributed by atoms with Gasteiger partial charge in [-0.15, -0.1) is 0 Å². The van der Waals surface area contributed by atoms with Crippen molar-refractivity contribution in [3.8, 4) is 11.5 Å². The van der Waals surface area contributed by atoms with E-state index < -0.39 is 10.0 Å². The number of nitrogens with zero attached hydrogens (tertiary/aromatic N) is 1. The first-order valence-corrected chi connectivity index (χ1v) is 11.6. The number of hydrogen-bond acceptors (Lipinski definition) is 5. The Hall–Kier alpha value is -2.58. The topological polar surface area (TPSA) is 84.9 Å². The monoisotopic (exact) mass is 430 g/mol. The SMILES string of the molecule is C[C@@H]1C[C@@H](C)CN(S(=O)(=O)c2ccc(NC(=O)c3ccc4c(c3)OCCO4)cc2)C1. The maximum Gasteiger partial charge on any atom is 0.255 e. The highest BCUT2D eigenvalue weighted by atomic mass is 32.2. The Morgan fingerprint density at radius 2 is 1.60 bits per heavy atom. The molecule has 0 unspecified atom stereocenters. The van der Waals surface area contributed by atoms with Crippen molar-refractivity contribution in [3.05, 3.63) is 48.0 Å². The zero-order chi connectivity index (χ0) is 21.3. The summed E-state index contributed by atoms with van der Waals surface area (Å²) in [7, 11) is -3.55. The molecule has 0 saturated carbocycles. The second kappa shape index (κ2) is 8.28. The molecule has 0 spiro atoms. The summed E-state index contributed by atoms with van der Waals surface area (Å²) in [5.41, 5.74) is 0.960. The highest BCUT2D eigenvalue weighted by molar-refractivity contribution is 7.89. The van der Waals surface area contributed by atoms with Gasteiger partial charge in [0.2, 0.25) is 10.0 Å². The van der Waals surface area contributed by atoms with Crippen LogP contribution in [0, 0.1) is 11.8 Å². The number of nitrogens with one attached hydrogen (secondary N) is 1. The van der Waals surface area contributed by atoms with Crippen molar-refractivity contribution >= 4 is 21.6 Å². The molecule has 0 bridgehead atoms. The molecule has 160 valence electrons. The second-order valence-electron chi connectivity index (χ2n) is 8.11. The Morgan fingerprint density at radius 3 is 2.27 bits per heavy atom. The summed E-state index contributed by atoms with van der Waals surface area (Å²) in [5.74, 6) is 1.54. The number of carbonyl (C=O) groups is 1. The van der Waals surface area contributed by atoms with Crippen molar-refractivity contribution in [1.29, 1.82) is 0 Å². The predicted octanol–water partition coefficient (Wildman–Crippen LogP) is 3.38. The lowest BCUT2D eigenvalue weighted by atomic mass is 9.94. The van der Waals surface area contributed by atoms with Gasteiger partial charge in [-0.1, -0.05) is 13.8 Å². The Labute approximate surface area is 177 Å². The summed E-state index contributed by atoms with van der Waals surface area (Å²) in [6.45, 7) is 6.17. The van der Waals surface area contributed by atoms with E-state index in [-0.39, 0.29) is 10.8 Å². The molecule has 2 atom stereocenters. The van der Waals surface area contributed by atoms with Crippen molar-refractivity contribution in [3.63, 3.8) is 0 Å². The lowest BCUT2D eigenvalue weighted by Crippen LogP contribution is -2.42. The first-order chi connectivity index (χ1) is 14.3. The quantitative estimate of drug-likeness (QED) is 0.804. The van der Waals surface area contributed by atoms with Crippen molar-refractivity contribution in [1.82, 2.24) is 4.31 Å². The summed E-state index contributed by atoms with van der Waals surface area (Å²) < 4.78 is 38.5. The van der Waals surface area contributed by atoms with Gasteiger partial charge in [-0.25, -0.2) is 8.42 Å². The molecule has 2 aliphatic heterocycles. The number of rotatable bonds is 4. The van der Waals surface area contributed by atoms with E-state index in [0.29, 0.717) is 60.9 Å². The van der Waals surface area contributed by atoms with Crippen LogP contribution in [0.1, 0.15) is 30.6 Å². The Balaban J connectivity index is 1.46. The first-order valence-electron chi connectivity index (χ1n) is 10.1. The minimum absolute atomic E-state index is 0.237. The molecule has 2 heterocycles. The molecule has 7 nitrogen and oxygen atoms in total. The summed E-state index contributed by atoms with van der Waals surface area (Å²) in [6, 6.07) is 11.3. The van der Waals surface area contributed by atoms with Crippen LogP contribution in [-0.4, -0.2) is 44.9 Å². The van der Waals surface area contributed by atoms with Crippen LogP contribution in [0.3, 0.4) is 0 Å². The largest absolute Gasteiger partial charge is 0.486 e. The number of carbonyl (C=O) groups excluding carboxylic acids is 1. The molecule has 4 rings (SSSR count). The van der Waals surface area contributed by atoms with Gasteiger partial charge in [0.15, 0.2) is 11.5 Å². The first kappa shape index (κ1) is 20.7. The van der Waals surface area contributed by atoms with Crippen molar-refractivity contribution in [2.45, 2.75) is 25.2 Å². The fourth-order valence-corrected chi connectivity index (χ4v) is 5.73. The summed E-state index contributed by atoms with van der Waals surface area (Å²) in [6.07, 6.45) is 1.04. The number of ether oxygens (including phenoxy) is 2. The van der Waals surface area contributed by atoms with Crippen LogP contribution in [0.4, 0.5) is 5.69 Å². The van der Waals surface area contributed by atoms with Gasteiger partial charge in [0.25, 0.3) is 5.91 Å². The third kappa shape index (κ3) is 4.29. The van der Waals surface area contributed by atoms with E-state index in [0.717, 1.165) is 6.42 Å². The van der Waals surface area contributed by atoms with Crippen LogP contribution in [0.25, 0.3) is 0 Å². The number of benzene rings is 2. The minimum Gasteiger partial charge on any atom is -0.486 e. The molecule has 30 heavy (non-hydrogen) atoms. The number of fused-ring (bicyclic) bond motifs is 1. The van der Waals surface area contributed by atoms with Crippen LogP contribution >= 0.6 is 0 Å². The molecule has 8 heteroatoms. The van der Waals surface area contributed by atoms with Crippen LogP contribution in [0.2, 0.25) is 0 Å². The number of anilines is 1.